The number of nitrogens with one attached hydrogen (secondary N) is 3. The second-order valence-corrected chi connectivity index (χ2v) is 6.60. The Morgan fingerprint density at radius 3 is 2.81 bits per heavy atom. The molecular formula is C17H24ClN5O3. The molecule has 4 amide bonds. The van der Waals surface area contributed by atoms with Crippen molar-refractivity contribution in [1.29, 1.82) is 0 Å². The summed E-state index contributed by atoms with van der Waals surface area (Å²) in [6, 6.07) is 4.24. The summed E-state index contributed by atoms with van der Waals surface area (Å²) in [7, 11) is 1.53. The zero-order valence-electron chi connectivity index (χ0n) is 14.7. The zero-order chi connectivity index (χ0) is 19.1. The van der Waals surface area contributed by atoms with Gasteiger partial charge >= 0.3 is 6.03 Å². The molecule has 0 radical (unpaired) electrons. The van der Waals surface area contributed by atoms with Crippen LogP contribution in [-0.4, -0.2) is 56.0 Å². The van der Waals surface area contributed by atoms with Crippen molar-refractivity contribution in [2.24, 2.45) is 11.7 Å². The highest BCUT2D eigenvalue weighted by atomic mass is 35.5. The largest absolute Gasteiger partial charge is 0.369 e. The highest BCUT2D eigenvalue weighted by Crippen LogP contribution is 2.23. The van der Waals surface area contributed by atoms with Crippen LogP contribution in [0, 0.1) is 5.92 Å². The van der Waals surface area contributed by atoms with E-state index < -0.39 is 6.03 Å². The van der Waals surface area contributed by atoms with Crippen LogP contribution in [0.15, 0.2) is 18.2 Å². The predicted octanol–water partition coefficient (Wildman–Crippen LogP) is 1.02. The van der Waals surface area contributed by atoms with Crippen LogP contribution in [-0.2, 0) is 4.79 Å². The summed E-state index contributed by atoms with van der Waals surface area (Å²) >= 11 is 6.06. The third-order valence-electron chi connectivity index (χ3n) is 4.33. The van der Waals surface area contributed by atoms with Gasteiger partial charge in [0.15, 0.2) is 0 Å². The molecule has 0 aliphatic carbocycles. The van der Waals surface area contributed by atoms with Crippen molar-refractivity contribution < 1.29 is 14.4 Å². The van der Waals surface area contributed by atoms with E-state index in [0.717, 1.165) is 19.4 Å². The average Bonchev–Trinajstić information content (AvgIpc) is 2.63. The number of hydrogen-bond acceptors (Lipinski definition) is 4. The summed E-state index contributed by atoms with van der Waals surface area (Å²) in [4.78, 5) is 37.1. The standard InChI is InChI=1S/C17H24ClN5O3/c1-20-16(25)11-4-5-13(18)14(9-11)22-17(26)21-6-8-23-7-2-3-12(10-23)15(19)24/h4-5,9,12H,2-3,6-8,10H2,1H3,(H2,19,24)(H,20,25)(H2,21,22,26). The molecule has 9 heteroatoms. The topological polar surface area (TPSA) is 117 Å². The summed E-state index contributed by atoms with van der Waals surface area (Å²) in [5.41, 5.74) is 6.12. The molecule has 0 aromatic heterocycles. The lowest BCUT2D eigenvalue weighted by Gasteiger charge is -2.31. The van der Waals surface area contributed by atoms with E-state index in [9.17, 15) is 14.4 Å². The van der Waals surface area contributed by atoms with Crippen molar-refractivity contribution in [3.8, 4) is 0 Å². The normalized spacial score (nSPS) is 17.4. The molecule has 0 spiro atoms. The molecule has 1 saturated heterocycles. The summed E-state index contributed by atoms with van der Waals surface area (Å²) < 4.78 is 0. The smallest absolute Gasteiger partial charge is 0.319 e. The molecule has 1 aromatic rings. The Hall–Kier alpha value is -2.32. The maximum absolute atomic E-state index is 12.1. The third kappa shape index (κ3) is 5.60. The molecule has 1 fully saturated rings. The lowest BCUT2D eigenvalue weighted by molar-refractivity contribution is -0.123. The lowest BCUT2D eigenvalue weighted by atomic mass is 9.97. The molecular weight excluding hydrogens is 358 g/mol. The van der Waals surface area contributed by atoms with Gasteiger partial charge in [-0.2, -0.15) is 0 Å². The van der Waals surface area contributed by atoms with Crippen molar-refractivity contribution in [2.45, 2.75) is 12.8 Å². The number of hydrogen-bond donors (Lipinski definition) is 4. The first kappa shape index (κ1) is 20.0. The molecule has 1 aliphatic heterocycles. The molecule has 142 valence electrons. The highest BCUT2D eigenvalue weighted by Gasteiger charge is 2.23. The molecule has 2 rings (SSSR count). The molecule has 1 unspecified atom stereocenters. The van der Waals surface area contributed by atoms with E-state index >= 15 is 0 Å². The minimum atomic E-state index is -0.413. The van der Waals surface area contributed by atoms with Crippen LogP contribution in [0.5, 0.6) is 0 Å². The Kier molecular flexibility index (Phi) is 7.23. The van der Waals surface area contributed by atoms with E-state index in [4.69, 9.17) is 17.3 Å². The van der Waals surface area contributed by atoms with Gasteiger partial charge in [-0.05, 0) is 37.6 Å². The zero-order valence-corrected chi connectivity index (χ0v) is 15.4. The van der Waals surface area contributed by atoms with Crippen LogP contribution in [0.3, 0.4) is 0 Å². The Morgan fingerprint density at radius 1 is 1.35 bits per heavy atom. The third-order valence-corrected chi connectivity index (χ3v) is 4.65. The molecule has 1 heterocycles. The SMILES string of the molecule is CNC(=O)c1ccc(Cl)c(NC(=O)NCCN2CCCC(C(N)=O)C2)c1. The molecule has 1 aromatic carbocycles. The molecule has 1 aliphatic rings. The van der Waals surface area contributed by atoms with E-state index in [2.05, 4.69) is 20.9 Å². The van der Waals surface area contributed by atoms with Gasteiger partial charge in [0, 0.05) is 32.2 Å². The fraction of sp³-hybridized carbons (Fsp3) is 0.471. The average molecular weight is 382 g/mol. The van der Waals surface area contributed by atoms with Gasteiger partial charge in [-0.1, -0.05) is 11.6 Å². The van der Waals surface area contributed by atoms with Crippen LogP contribution in [0.4, 0.5) is 10.5 Å². The van der Waals surface area contributed by atoms with E-state index in [-0.39, 0.29) is 17.7 Å². The number of halogens is 1. The number of piperidine rings is 1. The molecule has 1 atom stereocenters. The Labute approximate surface area is 157 Å². The maximum atomic E-state index is 12.1. The van der Waals surface area contributed by atoms with Crippen molar-refractivity contribution in [3.05, 3.63) is 28.8 Å². The van der Waals surface area contributed by atoms with Gasteiger partial charge in [-0.3, -0.25) is 9.59 Å². The maximum Gasteiger partial charge on any atom is 0.319 e. The number of urea groups is 1. The number of amides is 4. The first-order valence-corrected chi connectivity index (χ1v) is 8.86. The predicted molar refractivity (Wildman–Crippen MR) is 100 cm³/mol. The van der Waals surface area contributed by atoms with Gasteiger partial charge < -0.3 is 26.6 Å². The number of nitrogens with two attached hydrogens (primary N) is 1. The molecule has 0 saturated carbocycles. The lowest BCUT2D eigenvalue weighted by Crippen LogP contribution is -2.44. The molecule has 26 heavy (non-hydrogen) atoms. The van der Waals surface area contributed by atoms with E-state index in [0.29, 0.717) is 35.9 Å². The van der Waals surface area contributed by atoms with Gasteiger partial charge in [-0.25, -0.2) is 4.79 Å². The van der Waals surface area contributed by atoms with Crippen molar-refractivity contribution in [3.63, 3.8) is 0 Å². The fourth-order valence-corrected chi connectivity index (χ4v) is 3.06. The summed E-state index contributed by atoms with van der Waals surface area (Å²) in [6.45, 7) is 2.55. The molecule has 5 N–H and O–H groups in total. The second-order valence-electron chi connectivity index (χ2n) is 6.20. The van der Waals surface area contributed by atoms with E-state index in [1.54, 1.807) is 12.1 Å². The monoisotopic (exact) mass is 381 g/mol. The van der Waals surface area contributed by atoms with Crippen LogP contribution in [0.2, 0.25) is 5.02 Å². The van der Waals surface area contributed by atoms with Crippen LogP contribution in [0.1, 0.15) is 23.2 Å². The summed E-state index contributed by atoms with van der Waals surface area (Å²) in [5, 5.41) is 8.24. The number of primary amides is 1. The van der Waals surface area contributed by atoms with E-state index in [1.165, 1.54) is 13.1 Å². The van der Waals surface area contributed by atoms with Crippen molar-refractivity contribution >= 4 is 35.1 Å². The van der Waals surface area contributed by atoms with Gasteiger partial charge in [0.2, 0.25) is 5.91 Å². The second kappa shape index (κ2) is 9.40. The van der Waals surface area contributed by atoms with Crippen LogP contribution >= 0.6 is 11.6 Å². The molecule has 0 bridgehead atoms. The van der Waals surface area contributed by atoms with Gasteiger partial charge in [0.1, 0.15) is 0 Å². The number of carbonyl (C=O) groups is 3. The first-order chi connectivity index (χ1) is 12.4. The number of likely N-dealkylation sites (tertiary alicyclic amines) is 1. The van der Waals surface area contributed by atoms with Gasteiger partial charge in [0.05, 0.1) is 16.6 Å². The minimum Gasteiger partial charge on any atom is -0.369 e. The Bertz CT molecular complexity index is 682. The van der Waals surface area contributed by atoms with Crippen molar-refractivity contribution in [2.75, 3.05) is 38.5 Å². The number of nitrogens with zero attached hydrogens (tertiary/aromatic N) is 1. The summed E-state index contributed by atoms with van der Waals surface area (Å²) in [5.74, 6) is -0.658. The minimum absolute atomic E-state index is 0.121. The highest BCUT2D eigenvalue weighted by molar-refractivity contribution is 6.33. The summed E-state index contributed by atoms with van der Waals surface area (Å²) in [6.07, 6.45) is 1.74. The fourth-order valence-electron chi connectivity index (χ4n) is 2.89. The number of anilines is 1. The van der Waals surface area contributed by atoms with Crippen LogP contribution < -0.4 is 21.7 Å². The van der Waals surface area contributed by atoms with Crippen LogP contribution in [0.25, 0.3) is 0 Å². The molecule has 8 nitrogen and oxygen atoms in total. The first-order valence-electron chi connectivity index (χ1n) is 8.49. The van der Waals surface area contributed by atoms with E-state index in [1.807, 2.05) is 0 Å². The Morgan fingerprint density at radius 2 is 2.12 bits per heavy atom. The van der Waals surface area contributed by atoms with Gasteiger partial charge in [-0.15, -0.1) is 0 Å². The number of carbonyl (C=O) groups excluding carboxylic acids is 3. The number of benzene rings is 1. The quantitative estimate of drug-likeness (QED) is 0.588. The number of rotatable bonds is 6. The van der Waals surface area contributed by atoms with Gasteiger partial charge in [0.25, 0.3) is 5.91 Å². The Balaban J connectivity index is 1.82. The van der Waals surface area contributed by atoms with Crippen molar-refractivity contribution in [1.82, 2.24) is 15.5 Å².